The van der Waals surface area contributed by atoms with Gasteiger partial charge < -0.3 is 5.11 Å². The summed E-state index contributed by atoms with van der Waals surface area (Å²) in [5.74, 6) is -2.82. The number of carbonyl (C=O) groups excluding carboxylic acids is 3. The molecule has 0 radical (unpaired) electrons. The van der Waals surface area contributed by atoms with Crippen molar-refractivity contribution >= 4 is 98.8 Å². The summed E-state index contributed by atoms with van der Waals surface area (Å²) in [5.41, 5.74) is 1.59. The Labute approximate surface area is 219 Å². The highest BCUT2D eigenvalue weighted by atomic mass is 35.5. The predicted molar refractivity (Wildman–Crippen MR) is 142 cm³/mol. The Kier molecular flexibility index (Phi) is 7.13. The van der Waals surface area contributed by atoms with E-state index >= 15 is 0 Å². The minimum absolute atomic E-state index is 0.0324. The first-order valence-electron chi connectivity index (χ1n) is 9.88. The van der Waals surface area contributed by atoms with Gasteiger partial charge in [-0.3, -0.25) is 34.3 Å². The molecule has 35 heavy (non-hydrogen) atoms. The van der Waals surface area contributed by atoms with Gasteiger partial charge in [0, 0.05) is 5.02 Å². The molecule has 0 spiro atoms. The predicted octanol–water partition coefficient (Wildman–Crippen LogP) is 3.46. The van der Waals surface area contributed by atoms with Crippen LogP contribution in [0, 0.1) is 0 Å². The normalized spacial score (nSPS) is 18.6. The molecule has 2 aromatic carbocycles. The van der Waals surface area contributed by atoms with Gasteiger partial charge in [0.2, 0.25) is 0 Å². The van der Waals surface area contributed by atoms with Gasteiger partial charge in [-0.25, -0.2) is 0 Å². The maximum Gasteiger partial charge on any atom is 0.323 e. The summed E-state index contributed by atoms with van der Waals surface area (Å²) in [6, 6.07) is 13.2. The second-order valence-electron chi connectivity index (χ2n) is 7.26. The van der Waals surface area contributed by atoms with E-state index in [0.717, 1.165) is 16.7 Å². The summed E-state index contributed by atoms with van der Waals surface area (Å²) in [6.07, 6.45) is 3.04. The van der Waals surface area contributed by atoms with E-state index < -0.39 is 30.2 Å². The minimum Gasteiger partial charge on any atom is -0.480 e. The largest absolute Gasteiger partial charge is 0.480 e. The Morgan fingerprint density at radius 2 is 1.57 bits per heavy atom. The number of carboxylic acids is 1. The summed E-state index contributed by atoms with van der Waals surface area (Å²) in [7, 11) is 0. The van der Waals surface area contributed by atoms with E-state index in [1.54, 1.807) is 54.6 Å². The number of hydrogen-bond donors (Lipinski definition) is 2. The number of rotatable bonds is 5. The molecule has 0 unspecified atom stereocenters. The highest BCUT2D eigenvalue weighted by Crippen LogP contribution is 2.32. The quantitative estimate of drug-likeness (QED) is 0.335. The van der Waals surface area contributed by atoms with Crippen molar-refractivity contribution in [3.8, 4) is 0 Å². The van der Waals surface area contributed by atoms with Gasteiger partial charge in [0.25, 0.3) is 17.7 Å². The highest BCUT2D eigenvalue weighted by molar-refractivity contribution is 8.26. The first-order chi connectivity index (χ1) is 16.6. The number of halogens is 1. The number of nitrogens with one attached hydrogen (secondary N) is 1. The Balaban J connectivity index is 1.56. The summed E-state index contributed by atoms with van der Waals surface area (Å²) >= 11 is 17.2. The number of nitrogens with zero attached hydrogens (tertiary/aromatic N) is 2. The van der Waals surface area contributed by atoms with Gasteiger partial charge in [-0.15, -0.1) is 0 Å². The first kappa shape index (κ1) is 24.7. The van der Waals surface area contributed by atoms with E-state index in [0.29, 0.717) is 26.7 Å². The van der Waals surface area contributed by atoms with Gasteiger partial charge in [-0.2, -0.15) is 0 Å². The van der Waals surface area contributed by atoms with Crippen molar-refractivity contribution in [3.63, 3.8) is 0 Å². The molecule has 0 atom stereocenters. The molecule has 2 saturated heterocycles. The number of carbonyl (C=O) groups is 4. The third-order valence-electron chi connectivity index (χ3n) is 4.90. The number of thiocarbonyl (C=S) groups is 2. The number of aliphatic carboxylic acids is 1. The van der Waals surface area contributed by atoms with Gasteiger partial charge in [0.1, 0.15) is 16.4 Å². The van der Waals surface area contributed by atoms with Gasteiger partial charge in [-0.05, 0) is 59.8 Å². The summed E-state index contributed by atoms with van der Waals surface area (Å²) in [6.45, 7) is -0.499. The molecule has 2 aliphatic rings. The third kappa shape index (κ3) is 5.33. The van der Waals surface area contributed by atoms with Crippen LogP contribution in [-0.2, 0) is 19.2 Å². The first-order valence-corrected chi connectivity index (χ1v) is 11.9. The van der Waals surface area contributed by atoms with Crippen molar-refractivity contribution in [1.82, 2.24) is 10.2 Å². The molecular weight excluding hydrogens is 530 g/mol. The fraction of sp³-hybridized carbons (Fsp3) is 0.0435. The average Bonchev–Trinajstić information content (AvgIpc) is 3.06. The molecule has 0 aliphatic carbocycles. The molecule has 0 bridgehead atoms. The Morgan fingerprint density at radius 3 is 2.17 bits per heavy atom. The van der Waals surface area contributed by atoms with Gasteiger partial charge in [0.15, 0.2) is 5.11 Å². The minimum atomic E-state index is -1.16. The maximum atomic E-state index is 13.1. The lowest BCUT2D eigenvalue weighted by Crippen LogP contribution is -2.54. The van der Waals surface area contributed by atoms with Crippen LogP contribution in [0.15, 0.2) is 59.0 Å². The molecule has 12 heteroatoms. The van der Waals surface area contributed by atoms with Crippen LogP contribution in [0.4, 0.5) is 5.69 Å². The SMILES string of the molecule is O=C(O)CN1C(=O)/C(=C/c2ccc(/C=C3\C(=O)NC(=S)N(c4ccc(Cl)cc4)C3=O)cc2)SC1=S. The summed E-state index contributed by atoms with van der Waals surface area (Å²) in [5, 5.41) is 11.9. The van der Waals surface area contributed by atoms with E-state index in [-0.39, 0.29) is 15.0 Å². The van der Waals surface area contributed by atoms with Crippen LogP contribution in [0.1, 0.15) is 11.1 Å². The standard InChI is InChI=1S/C23H14ClN3O5S3/c24-14-5-7-15(8-6-14)27-20(31)16(19(30)25-22(27)33)9-12-1-3-13(4-2-12)10-17-21(32)26(11-18(28)29)23(34)35-17/h1-10H,11H2,(H,28,29)(H,25,30,33)/b16-9+,17-10-. The summed E-state index contributed by atoms with van der Waals surface area (Å²) in [4.78, 5) is 51.5. The van der Waals surface area contributed by atoms with Crippen LogP contribution in [0.5, 0.6) is 0 Å². The third-order valence-corrected chi connectivity index (χ3v) is 6.81. The molecule has 3 amide bonds. The molecule has 0 saturated carbocycles. The molecule has 2 aromatic rings. The molecule has 2 heterocycles. The van der Waals surface area contributed by atoms with Gasteiger partial charge >= 0.3 is 5.97 Å². The second kappa shape index (κ2) is 10.1. The van der Waals surface area contributed by atoms with Crippen LogP contribution < -0.4 is 10.2 Å². The molecule has 4 rings (SSSR count). The van der Waals surface area contributed by atoms with Crippen LogP contribution >= 0.6 is 47.8 Å². The Morgan fingerprint density at radius 1 is 0.971 bits per heavy atom. The number of benzene rings is 2. The van der Waals surface area contributed by atoms with Crippen LogP contribution in [0.3, 0.4) is 0 Å². The average molecular weight is 544 g/mol. The number of hydrogen-bond acceptors (Lipinski definition) is 7. The van der Waals surface area contributed by atoms with Crippen molar-refractivity contribution in [2.45, 2.75) is 0 Å². The smallest absolute Gasteiger partial charge is 0.323 e. The van der Waals surface area contributed by atoms with E-state index in [9.17, 15) is 19.2 Å². The van der Waals surface area contributed by atoms with Crippen molar-refractivity contribution in [3.05, 3.63) is 75.2 Å². The zero-order chi connectivity index (χ0) is 25.3. The number of anilines is 1. The topological polar surface area (TPSA) is 107 Å². The lowest BCUT2D eigenvalue weighted by molar-refractivity contribution is -0.140. The Hall–Kier alpha value is -3.38. The Bertz CT molecular complexity index is 1350. The molecule has 8 nitrogen and oxygen atoms in total. The van der Waals surface area contributed by atoms with Crippen LogP contribution in [0.25, 0.3) is 12.2 Å². The van der Waals surface area contributed by atoms with Crippen molar-refractivity contribution in [2.75, 3.05) is 11.4 Å². The fourth-order valence-corrected chi connectivity index (χ4v) is 4.92. The summed E-state index contributed by atoms with van der Waals surface area (Å²) < 4.78 is 0.176. The lowest BCUT2D eigenvalue weighted by atomic mass is 10.1. The fourth-order valence-electron chi connectivity index (χ4n) is 3.26. The number of thioether (sulfide) groups is 1. The molecule has 2 aliphatic heterocycles. The van der Waals surface area contributed by atoms with E-state index in [4.69, 9.17) is 41.1 Å². The van der Waals surface area contributed by atoms with Gasteiger partial charge in [-0.1, -0.05) is 59.8 Å². The van der Waals surface area contributed by atoms with Crippen LogP contribution in [0.2, 0.25) is 5.02 Å². The van der Waals surface area contributed by atoms with Crippen LogP contribution in [-0.4, -0.2) is 49.7 Å². The molecule has 0 aromatic heterocycles. The van der Waals surface area contributed by atoms with Crippen molar-refractivity contribution in [2.24, 2.45) is 0 Å². The van der Waals surface area contributed by atoms with Gasteiger partial charge in [0.05, 0.1) is 10.6 Å². The molecular formula is C23H14ClN3O5S3. The maximum absolute atomic E-state index is 13.1. The number of carboxylic acid groups (broad SMARTS) is 1. The monoisotopic (exact) mass is 543 g/mol. The van der Waals surface area contributed by atoms with E-state index in [2.05, 4.69) is 5.32 Å². The molecule has 2 fully saturated rings. The lowest BCUT2D eigenvalue weighted by Gasteiger charge is -2.28. The van der Waals surface area contributed by atoms with E-state index in [1.165, 1.54) is 11.0 Å². The zero-order valence-corrected chi connectivity index (χ0v) is 20.8. The molecule has 176 valence electrons. The second-order valence-corrected chi connectivity index (χ2v) is 9.76. The molecule has 2 N–H and O–H groups in total. The van der Waals surface area contributed by atoms with Crippen molar-refractivity contribution in [1.29, 1.82) is 0 Å². The zero-order valence-electron chi connectivity index (χ0n) is 17.6. The highest BCUT2D eigenvalue weighted by Gasteiger charge is 2.35. The van der Waals surface area contributed by atoms with E-state index in [1.807, 2.05) is 0 Å². The van der Waals surface area contributed by atoms with Crippen molar-refractivity contribution < 1.29 is 24.3 Å². The number of amides is 3.